The molecule has 1 atom stereocenters. The molecule has 1 spiro atoms. The van der Waals surface area contributed by atoms with Crippen molar-refractivity contribution in [1.29, 1.82) is 0 Å². The van der Waals surface area contributed by atoms with E-state index in [-0.39, 0.29) is 5.41 Å². The third-order valence-corrected chi connectivity index (χ3v) is 7.76. The highest BCUT2D eigenvalue weighted by Gasteiger charge is 2.47. The van der Waals surface area contributed by atoms with Crippen LogP contribution < -0.4 is 11.1 Å². The van der Waals surface area contributed by atoms with Crippen LogP contribution in [0.2, 0.25) is 0 Å². The first kappa shape index (κ1) is 18.0. The molecule has 6 nitrogen and oxygen atoms in total. The van der Waals surface area contributed by atoms with E-state index in [2.05, 4.69) is 24.0 Å². The SMILES string of the molecule is Cc1ccc(CN2CC[C@]3(CCn4c3nn(Cc3cccs3)c(=O)c4=O)C2)s1. The van der Waals surface area contributed by atoms with Gasteiger partial charge in [0.1, 0.15) is 5.82 Å². The molecule has 0 N–H and O–H groups in total. The first-order chi connectivity index (χ1) is 13.5. The highest BCUT2D eigenvalue weighted by atomic mass is 32.1. The molecule has 3 aromatic heterocycles. The Kier molecular flexibility index (Phi) is 4.37. The predicted octanol–water partition coefficient (Wildman–Crippen LogP) is 2.43. The molecule has 0 aromatic carbocycles. The van der Waals surface area contributed by atoms with Crippen LogP contribution >= 0.6 is 22.7 Å². The molecule has 5 rings (SSSR count). The summed E-state index contributed by atoms with van der Waals surface area (Å²) in [5, 5.41) is 6.69. The number of thiophene rings is 2. The van der Waals surface area contributed by atoms with E-state index in [1.807, 2.05) is 28.8 Å². The molecule has 1 saturated heterocycles. The molecule has 2 aliphatic rings. The summed E-state index contributed by atoms with van der Waals surface area (Å²) in [4.78, 5) is 31.4. The van der Waals surface area contributed by atoms with E-state index in [0.29, 0.717) is 13.1 Å². The lowest BCUT2D eigenvalue weighted by Crippen LogP contribution is -2.45. The topological polar surface area (TPSA) is 60.1 Å². The normalized spacial score (nSPS) is 21.6. The van der Waals surface area contributed by atoms with Gasteiger partial charge in [-0.3, -0.25) is 19.1 Å². The number of hydrogen-bond acceptors (Lipinski definition) is 6. The van der Waals surface area contributed by atoms with Gasteiger partial charge in [0.15, 0.2) is 0 Å². The van der Waals surface area contributed by atoms with E-state index in [4.69, 9.17) is 5.10 Å². The molecule has 1 fully saturated rings. The molecule has 0 radical (unpaired) electrons. The first-order valence-electron chi connectivity index (χ1n) is 9.57. The second-order valence-electron chi connectivity index (χ2n) is 7.83. The van der Waals surface area contributed by atoms with Crippen molar-refractivity contribution in [1.82, 2.24) is 19.2 Å². The highest BCUT2D eigenvalue weighted by molar-refractivity contribution is 7.11. The van der Waals surface area contributed by atoms with E-state index < -0.39 is 11.1 Å². The average molecular weight is 415 g/mol. The zero-order valence-corrected chi connectivity index (χ0v) is 17.4. The zero-order chi connectivity index (χ0) is 19.3. The second kappa shape index (κ2) is 6.79. The zero-order valence-electron chi connectivity index (χ0n) is 15.8. The van der Waals surface area contributed by atoms with Gasteiger partial charge >= 0.3 is 11.1 Å². The number of hydrogen-bond donors (Lipinski definition) is 0. The Hall–Kier alpha value is -2.03. The van der Waals surface area contributed by atoms with Crippen molar-refractivity contribution >= 4 is 22.7 Å². The van der Waals surface area contributed by atoms with Crippen molar-refractivity contribution in [3.63, 3.8) is 0 Å². The first-order valence-corrected chi connectivity index (χ1v) is 11.3. The van der Waals surface area contributed by atoms with Crippen molar-refractivity contribution in [2.75, 3.05) is 13.1 Å². The van der Waals surface area contributed by atoms with Gasteiger partial charge in [0.2, 0.25) is 0 Å². The summed E-state index contributed by atoms with van der Waals surface area (Å²) in [5.41, 5.74) is -1.06. The highest BCUT2D eigenvalue weighted by Crippen LogP contribution is 2.41. The molecule has 2 aliphatic heterocycles. The molecule has 0 unspecified atom stereocenters. The number of aromatic nitrogens is 3. The molecule has 0 saturated carbocycles. The van der Waals surface area contributed by atoms with Crippen LogP contribution in [0.25, 0.3) is 0 Å². The second-order valence-corrected chi connectivity index (χ2v) is 10.2. The van der Waals surface area contributed by atoms with Crippen LogP contribution in [0.3, 0.4) is 0 Å². The summed E-state index contributed by atoms with van der Waals surface area (Å²) in [7, 11) is 0. The lowest BCUT2D eigenvalue weighted by molar-refractivity contribution is 0.300. The average Bonchev–Trinajstić information content (AvgIpc) is 3.45. The van der Waals surface area contributed by atoms with E-state index in [9.17, 15) is 9.59 Å². The number of rotatable bonds is 4. The number of aryl methyl sites for hydroxylation is 1. The quantitative estimate of drug-likeness (QED) is 0.615. The van der Waals surface area contributed by atoms with Crippen LogP contribution in [0.15, 0.2) is 39.2 Å². The predicted molar refractivity (Wildman–Crippen MR) is 111 cm³/mol. The molecular weight excluding hydrogens is 392 g/mol. The fourth-order valence-electron chi connectivity index (χ4n) is 4.50. The number of nitrogens with zero attached hydrogens (tertiary/aromatic N) is 4. The molecule has 146 valence electrons. The van der Waals surface area contributed by atoms with Crippen LogP contribution in [0.5, 0.6) is 0 Å². The summed E-state index contributed by atoms with van der Waals surface area (Å²) in [5.74, 6) is 0.804. The van der Waals surface area contributed by atoms with Gasteiger partial charge in [0.05, 0.1) is 6.54 Å². The van der Waals surface area contributed by atoms with Gasteiger partial charge in [-0.15, -0.1) is 22.7 Å². The Bertz CT molecular complexity index is 1130. The van der Waals surface area contributed by atoms with Gasteiger partial charge in [-0.1, -0.05) is 6.07 Å². The Morgan fingerprint density at radius 2 is 1.93 bits per heavy atom. The Morgan fingerprint density at radius 1 is 1.07 bits per heavy atom. The summed E-state index contributed by atoms with van der Waals surface area (Å²) < 4.78 is 3.00. The fraction of sp³-hybridized carbons (Fsp3) is 0.450. The van der Waals surface area contributed by atoms with Crippen LogP contribution in [-0.4, -0.2) is 32.3 Å². The van der Waals surface area contributed by atoms with Gasteiger partial charge in [0.25, 0.3) is 0 Å². The molecule has 3 aromatic rings. The van der Waals surface area contributed by atoms with E-state index in [1.165, 1.54) is 14.4 Å². The minimum atomic E-state index is -0.516. The van der Waals surface area contributed by atoms with E-state index in [1.54, 1.807) is 15.9 Å². The minimum absolute atomic E-state index is 0.115. The molecule has 0 amide bonds. The van der Waals surface area contributed by atoms with Gasteiger partial charge in [0, 0.05) is 39.7 Å². The summed E-state index contributed by atoms with van der Waals surface area (Å²) >= 11 is 3.42. The molecule has 8 heteroatoms. The minimum Gasteiger partial charge on any atom is -0.297 e. The van der Waals surface area contributed by atoms with E-state index in [0.717, 1.165) is 43.2 Å². The van der Waals surface area contributed by atoms with Crippen molar-refractivity contribution in [2.45, 2.75) is 44.8 Å². The monoisotopic (exact) mass is 414 g/mol. The van der Waals surface area contributed by atoms with Crippen LogP contribution in [0, 0.1) is 6.92 Å². The maximum atomic E-state index is 12.7. The molecular formula is C20H22N4O2S2. The Labute approximate surface area is 170 Å². The van der Waals surface area contributed by atoms with Gasteiger partial charge in [-0.2, -0.15) is 5.10 Å². The maximum Gasteiger partial charge on any atom is 0.332 e. The van der Waals surface area contributed by atoms with Crippen molar-refractivity contribution in [3.8, 4) is 0 Å². The van der Waals surface area contributed by atoms with Crippen LogP contribution in [-0.2, 0) is 25.0 Å². The fourth-order valence-corrected chi connectivity index (χ4v) is 6.12. The lowest BCUT2D eigenvalue weighted by Gasteiger charge is -2.23. The van der Waals surface area contributed by atoms with Gasteiger partial charge in [-0.25, -0.2) is 4.68 Å². The van der Waals surface area contributed by atoms with Crippen molar-refractivity contribution in [3.05, 3.63) is 70.8 Å². The smallest absolute Gasteiger partial charge is 0.297 e. The van der Waals surface area contributed by atoms with Gasteiger partial charge in [-0.05, 0) is 49.9 Å². The molecule has 0 aliphatic carbocycles. The summed E-state index contributed by atoms with van der Waals surface area (Å²) in [6.45, 7) is 5.94. The molecule has 0 bridgehead atoms. The van der Waals surface area contributed by atoms with Crippen molar-refractivity contribution in [2.24, 2.45) is 0 Å². The summed E-state index contributed by atoms with van der Waals surface area (Å²) in [6.07, 6.45) is 1.87. The lowest BCUT2D eigenvalue weighted by atomic mass is 9.85. The Balaban J connectivity index is 1.46. The number of fused-ring (bicyclic) bond motifs is 2. The van der Waals surface area contributed by atoms with Crippen LogP contribution in [0.4, 0.5) is 0 Å². The van der Waals surface area contributed by atoms with E-state index >= 15 is 0 Å². The van der Waals surface area contributed by atoms with Gasteiger partial charge < -0.3 is 0 Å². The molecule has 28 heavy (non-hydrogen) atoms. The van der Waals surface area contributed by atoms with Crippen LogP contribution in [0.1, 0.15) is 33.3 Å². The Morgan fingerprint density at radius 3 is 2.68 bits per heavy atom. The number of likely N-dealkylation sites (tertiary alicyclic amines) is 1. The third-order valence-electron chi connectivity index (χ3n) is 5.92. The van der Waals surface area contributed by atoms with Crippen molar-refractivity contribution < 1.29 is 0 Å². The molecule has 5 heterocycles. The maximum absolute atomic E-state index is 12.7. The standard InChI is InChI=1S/C20H22N4O2S2/c1-14-4-5-16(28-14)11-22-8-6-20(13-22)7-9-23-17(25)18(26)24(21-19(20)23)12-15-3-2-10-27-15/h2-5,10H,6-9,11-13H2,1H3/t20-/m0/s1. The summed E-state index contributed by atoms with van der Waals surface area (Å²) in [6, 6.07) is 8.30. The largest absolute Gasteiger partial charge is 0.332 e. The third kappa shape index (κ3) is 3.00.